The highest BCUT2D eigenvalue weighted by molar-refractivity contribution is 7.84. The van der Waals surface area contributed by atoms with Crippen molar-refractivity contribution < 1.29 is 8.60 Å². The molecule has 1 aromatic carbocycles. The van der Waals surface area contributed by atoms with Crippen LogP contribution >= 0.6 is 0 Å². The van der Waals surface area contributed by atoms with Gasteiger partial charge in [0.05, 0.1) is 22.7 Å². The maximum atomic E-state index is 12.9. The van der Waals surface area contributed by atoms with Crippen LogP contribution in [0.4, 0.5) is 10.1 Å². The smallest absolute Gasteiger partial charge is 0.141 e. The third kappa shape index (κ3) is 3.10. The highest BCUT2D eigenvalue weighted by atomic mass is 32.2. The minimum absolute atomic E-state index is 0.230. The summed E-state index contributed by atoms with van der Waals surface area (Å²) in [7, 11) is -1.24. The summed E-state index contributed by atoms with van der Waals surface area (Å²) < 4.78 is 24.9. The van der Waals surface area contributed by atoms with Crippen LogP contribution in [-0.4, -0.2) is 9.19 Å². The number of nitrogens with two attached hydrogens (primary N) is 1. The number of aromatic nitrogens is 1. The third-order valence-electron chi connectivity index (χ3n) is 2.18. The van der Waals surface area contributed by atoms with Crippen molar-refractivity contribution >= 4 is 16.5 Å². The van der Waals surface area contributed by atoms with Gasteiger partial charge >= 0.3 is 0 Å². The van der Waals surface area contributed by atoms with E-state index in [1.807, 2.05) is 0 Å². The molecule has 0 aliphatic carbocycles. The molecule has 1 aromatic heterocycles. The van der Waals surface area contributed by atoms with Crippen molar-refractivity contribution in [2.75, 3.05) is 5.73 Å². The van der Waals surface area contributed by atoms with Crippen LogP contribution in [0.3, 0.4) is 0 Å². The van der Waals surface area contributed by atoms with Crippen LogP contribution in [-0.2, 0) is 16.6 Å². The van der Waals surface area contributed by atoms with Crippen LogP contribution in [0.15, 0.2) is 47.6 Å². The topological polar surface area (TPSA) is 56.0 Å². The molecule has 1 atom stereocenters. The Kier molecular flexibility index (Phi) is 3.49. The molecule has 0 saturated carbocycles. The number of benzene rings is 1. The quantitative estimate of drug-likeness (QED) is 0.849. The molecule has 0 aliphatic rings. The van der Waals surface area contributed by atoms with Crippen molar-refractivity contribution in [1.82, 2.24) is 4.98 Å². The highest BCUT2D eigenvalue weighted by Crippen LogP contribution is 2.15. The molecule has 2 rings (SSSR count). The van der Waals surface area contributed by atoms with Crippen LogP contribution in [0.1, 0.15) is 5.56 Å². The van der Waals surface area contributed by atoms with Gasteiger partial charge in [-0.05, 0) is 29.8 Å². The van der Waals surface area contributed by atoms with E-state index in [4.69, 9.17) is 5.73 Å². The molecule has 0 radical (unpaired) electrons. The van der Waals surface area contributed by atoms with Gasteiger partial charge < -0.3 is 5.73 Å². The molecule has 1 unspecified atom stereocenters. The lowest BCUT2D eigenvalue weighted by Crippen LogP contribution is -1.98. The second-order valence-electron chi connectivity index (χ2n) is 3.57. The van der Waals surface area contributed by atoms with Gasteiger partial charge in [-0.3, -0.25) is 9.19 Å². The fourth-order valence-corrected chi connectivity index (χ4v) is 2.55. The largest absolute Gasteiger partial charge is 0.399 e. The second kappa shape index (κ2) is 5.05. The number of nitrogen functional groups attached to an aromatic ring is 1. The van der Waals surface area contributed by atoms with Crippen LogP contribution in [0.25, 0.3) is 0 Å². The zero-order valence-electron chi connectivity index (χ0n) is 8.97. The lowest BCUT2D eigenvalue weighted by Gasteiger charge is -2.03. The van der Waals surface area contributed by atoms with Crippen LogP contribution in [0, 0.1) is 5.82 Å². The summed E-state index contributed by atoms with van der Waals surface area (Å²) >= 11 is 0. The number of pyridine rings is 1. The number of halogens is 1. The zero-order chi connectivity index (χ0) is 12.3. The number of hydrogen-bond donors (Lipinski definition) is 1. The molecular weight excluding hydrogens is 239 g/mol. The monoisotopic (exact) mass is 250 g/mol. The Hall–Kier alpha value is -1.75. The molecule has 2 aromatic rings. The van der Waals surface area contributed by atoms with Crippen LogP contribution in [0.5, 0.6) is 0 Å². The number of anilines is 1. The maximum absolute atomic E-state index is 12.9. The predicted octanol–water partition coefficient (Wildman–Crippen LogP) is 2.11. The summed E-state index contributed by atoms with van der Waals surface area (Å²) in [6, 6.07) is 8.19. The number of rotatable bonds is 3. The fraction of sp³-hybridized carbons (Fsp3) is 0.0833. The van der Waals surface area contributed by atoms with Crippen molar-refractivity contribution in [3.05, 3.63) is 54.1 Å². The molecule has 0 bridgehead atoms. The van der Waals surface area contributed by atoms with Gasteiger partial charge in [-0.15, -0.1) is 0 Å². The van der Waals surface area contributed by atoms with Crippen LogP contribution in [0.2, 0.25) is 0 Å². The first-order chi connectivity index (χ1) is 8.15. The zero-order valence-corrected chi connectivity index (χ0v) is 9.78. The summed E-state index contributed by atoms with van der Waals surface area (Å²) in [5.74, 6) is -0.194. The average Bonchev–Trinajstić information content (AvgIpc) is 2.29. The van der Waals surface area contributed by atoms with Crippen molar-refractivity contribution in [2.24, 2.45) is 0 Å². The first kappa shape index (κ1) is 11.7. The van der Waals surface area contributed by atoms with Gasteiger partial charge in [0.25, 0.3) is 0 Å². The van der Waals surface area contributed by atoms with Gasteiger partial charge in [0, 0.05) is 16.8 Å². The lowest BCUT2D eigenvalue weighted by molar-refractivity contribution is 0.619. The van der Waals surface area contributed by atoms with E-state index >= 15 is 0 Å². The standard InChI is InChI=1S/C12H11FN2OS/c13-10-4-9(6-15-7-10)8-17(16)12-3-1-2-11(14)5-12/h1-7H,8,14H2. The van der Waals surface area contributed by atoms with E-state index < -0.39 is 16.6 Å². The first-order valence-electron chi connectivity index (χ1n) is 4.98. The fourth-order valence-electron chi connectivity index (χ4n) is 1.43. The van der Waals surface area contributed by atoms with Gasteiger partial charge in [0.15, 0.2) is 0 Å². The van der Waals surface area contributed by atoms with Gasteiger partial charge in [0.2, 0.25) is 0 Å². The molecule has 2 N–H and O–H groups in total. The van der Waals surface area contributed by atoms with E-state index in [1.54, 1.807) is 24.3 Å². The SMILES string of the molecule is Nc1cccc(S(=O)Cc2cncc(F)c2)c1. The maximum Gasteiger partial charge on any atom is 0.141 e. The Balaban J connectivity index is 2.17. The molecule has 0 amide bonds. The summed E-state index contributed by atoms with van der Waals surface area (Å²) in [4.78, 5) is 4.35. The van der Waals surface area contributed by atoms with Crippen LogP contribution < -0.4 is 5.73 Å². The molecule has 0 aliphatic heterocycles. The Morgan fingerprint density at radius 3 is 2.82 bits per heavy atom. The Bertz CT molecular complexity index is 560. The van der Waals surface area contributed by atoms with Gasteiger partial charge in [-0.2, -0.15) is 0 Å². The highest BCUT2D eigenvalue weighted by Gasteiger charge is 2.06. The first-order valence-corrected chi connectivity index (χ1v) is 6.30. The number of nitrogens with zero attached hydrogens (tertiary/aromatic N) is 1. The Morgan fingerprint density at radius 2 is 2.12 bits per heavy atom. The van der Waals surface area contributed by atoms with E-state index in [2.05, 4.69) is 4.98 Å². The Labute approximate surface area is 101 Å². The van der Waals surface area contributed by atoms with Gasteiger partial charge in [-0.1, -0.05) is 6.07 Å². The lowest BCUT2D eigenvalue weighted by atomic mass is 10.3. The van der Waals surface area contributed by atoms with E-state index in [0.717, 1.165) is 6.20 Å². The molecular formula is C12H11FN2OS. The summed E-state index contributed by atoms with van der Waals surface area (Å²) in [6.45, 7) is 0. The van der Waals surface area contributed by atoms with Gasteiger partial charge in [-0.25, -0.2) is 4.39 Å². The molecule has 0 fully saturated rings. The molecule has 5 heteroatoms. The average molecular weight is 250 g/mol. The summed E-state index contributed by atoms with van der Waals surface area (Å²) in [5.41, 5.74) is 6.77. The summed E-state index contributed by atoms with van der Waals surface area (Å²) in [6.07, 6.45) is 2.63. The minimum atomic E-state index is -1.24. The van der Waals surface area contributed by atoms with E-state index in [-0.39, 0.29) is 5.75 Å². The number of hydrogen-bond acceptors (Lipinski definition) is 3. The van der Waals surface area contributed by atoms with Gasteiger partial charge in [0.1, 0.15) is 5.82 Å². The molecule has 17 heavy (non-hydrogen) atoms. The van der Waals surface area contributed by atoms with E-state index in [0.29, 0.717) is 16.1 Å². The van der Waals surface area contributed by atoms with E-state index in [1.165, 1.54) is 12.3 Å². The minimum Gasteiger partial charge on any atom is -0.399 e. The molecule has 1 heterocycles. The van der Waals surface area contributed by atoms with Crippen molar-refractivity contribution in [3.63, 3.8) is 0 Å². The molecule has 88 valence electrons. The third-order valence-corrected chi connectivity index (χ3v) is 3.56. The molecule has 3 nitrogen and oxygen atoms in total. The van der Waals surface area contributed by atoms with Crippen molar-refractivity contribution in [1.29, 1.82) is 0 Å². The van der Waals surface area contributed by atoms with Crippen molar-refractivity contribution in [2.45, 2.75) is 10.6 Å². The summed E-state index contributed by atoms with van der Waals surface area (Å²) in [5, 5.41) is 0. The van der Waals surface area contributed by atoms with Crippen molar-refractivity contribution in [3.8, 4) is 0 Å². The van der Waals surface area contributed by atoms with E-state index in [9.17, 15) is 8.60 Å². The molecule has 0 spiro atoms. The normalized spacial score (nSPS) is 12.3. The molecule has 0 saturated heterocycles. The Morgan fingerprint density at radius 1 is 1.29 bits per heavy atom. The predicted molar refractivity (Wildman–Crippen MR) is 65.2 cm³/mol. The second-order valence-corrected chi connectivity index (χ2v) is 5.02.